The minimum absolute atomic E-state index is 0.0283. The fourth-order valence-corrected chi connectivity index (χ4v) is 3.53. The van der Waals surface area contributed by atoms with Crippen LogP contribution < -0.4 is 0 Å². The van der Waals surface area contributed by atoms with E-state index >= 15 is 0 Å². The maximum atomic E-state index is 13.2. The van der Waals surface area contributed by atoms with E-state index in [2.05, 4.69) is 15.0 Å². The summed E-state index contributed by atoms with van der Waals surface area (Å²) in [6, 6.07) is 3.68. The molecule has 0 radical (unpaired) electrons. The van der Waals surface area contributed by atoms with Crippen LogP contribution in [0.4, 0.5) is 0 Å². The van der Waals surface area contributed by atoms with Gasteiger partial charge in [-0.15, -0.1) is 0 Å². The number of H-pyrrole nitrogens is 1. The first-order valence-corrected chi connectivity index (χ1v) is 8.89. The SMILES string of the molecule is CO[C@@H]1C[C@@H](c2nc(C)c(C)[nH]2)N(C(=O)c2ccnc(C3CC3)c2)C1. The van der Waals surface area contributed by atoms with Crippen LogP contribution in [0.2, 0.25) is 0 Å². The Morgan fingerprint density at radius 2 is 2.16 bits per heavy atom. The van der Waals surface area contributed by atoms with Crippen LogP contribution in [0.15, 0.2) is 18.3 Å². The van der Waals surface area contributed by atoms with Gasteiger partial charge in [0.05, 0.1) is 17.8 Å². The number of nitrogens with one attached hydrogen (secondary N) is 1. The van der Waals surface area contributed by atoms with Gasteiger partial charge in [-0.25, -0.2) is 4.98 Å². The van der Waals surface area contributed by atoms with E-state index in [1.807, 2.05) is 30.9 Å². The number of rotatable bonds is 4. The van der Waals surface area contributed by atoms with Gasteiger partial charge in [0.2, 0.25) is 0 Å². The summed E-state index contributed by atoms with van der Waals surface area (Å²) in [4.78, 5) is 27.4. The average Bonchev–Trinajstić information content (AvgIpc) is 3.30. The van der Waals surface area contributed by atoms with Crippen LogP contribution in [0.25, 0.3) is 0 Å². The molecule has 4 rings (SSSR count). The normalized spacial score (nSPS) is 23.2. The van der Waals surface area contributed by atoms with Crippen molar-refractivity contribution >= 4 is 5.91 Å². The molecule has 1 amide bonds. The third-order valence-corrected chi connectivity index (χ3v) is 5.34. The molecule has 1 aliphatic carbocycles. The highest BCUT2D eigenvalue weighted by molar-refractivity contribution is 5.94. The quantitative estimate of drug-likeness (QED) is 0.929. The lowest BCUT2D eigenvalue weighted by Crippen LogP contribution is -2.32. The Balaban J connectivity index is 1.63. The van der Waals surface area contributed by atoms with Crippen LogP contribution in [-0.4, -0.2) is 45.5 Å². The Hall–Kier alpha value is -2.21. The zero-order valence-corrected chi connectivity index (χ0v) is 15.0. The number of aromatic amines is 1. The molecule has 0 unspecified atom stereocenters. The van der Waals surface area contributed by atoms with Crippen molar-refractivity contribution in [1.29, 1.82) is 0 Å². The second-order valence-corrected chi connectivity index (χ2v) is 7.14. The molecule has 6 nitrogen and oxygen atoms in total. The predicted molar refractivity (Wildman–Crippen MR) is 93.5 cm³/mol. The van der Waals surface area contributed by atoms with Crippen molar-refractivity contribution in [2.24, 2.45) is 0 Å². The molecule has 0 bridgehead atoms. The Morgan fingerprint density at radius 3 is 2.80 bits per heavy atom. The zero-order valence-electron chi connectivity index (χ0n) is 15.0. The van der Waals surface area contributed by atoms with Gasteiger partial charge in [-0.1, -0.05) is 0 Å². The van der Waals surface area contributed by atoms with Gasteiger partial charge >= 0.3 is 0 Å². The maximum Gasteiger partial charge on any atom is 0.254 e. The number of hydrogen-bond donors (Lipinski definition) is 1. The Bertz CT molecular complexity index is 777. The van der Waals surface area contributed by atoms with E-state index in [1.54, 1.807) is 13.3 Å². The van der Waals surface area contributed by atoms with Gasteiger partial charge in [-0.05, 0) is 38.8 Å². The standard InChI is InChI=1S/C19H24N4O2/c1-11-12(2)22-18(21-11)17-9-15(25-3)10-23(17)19(24)14-6-7-20-16(8-14)13-4-5-13/h6-8,13,15,17H,4-5,9-10H2,1-3H3,(H,21,22)/t15-,17+/m1/s1. The molecule has 2 aromatic rings. The number of carbonyl (C=O) groups is 1. The van der Waals surface area contributed by atoms with Gasteiger partial charge in [-0.3, -0.25) is 9.78 Å². The van der Waals surface area contributed by atoms with Gasteiger partial charge in [0, 0.05) is 49.1 Å². The third kappa shape index (κ3) is 3.06. The van der Waals surface area contributed by atoms with Gasteiger partial charge in [-0.2, -0.15) is 0 Å². The Labute approximate surface area is 147 Å². The number of aromatic nitrogens is 3. The third-order valence-electron chi connectivity index (χ3n) is 5.34. The molecule has 0 spiro atoms. The van der Waals surface area contributed by atoms with Crippen LogP contribution in [0.3, 0.4) is 0 Å². The monoisotopic (exact) mass is 340 g/mol. The second kappa shape index (κ2) is 6.26. The molecule has 1 aliphatic heterocycles. The number of carbonyl (C=O) groups excluding carboxylic acids is 1. The summed E-state index contributed by atoms with van der Waals surface area (Å²) < 4.78 is 5.54. The molecule has 25 heavy (non-hydrogen) atoms. The van der Waals surface area contributed by atoms with Crippen molar-refractivity contribution in [1.82, 2.24) is 19.9 Å². The van der Waals surface area contributed by atoms with Gasteiger partial charge in [0.25, 0.3) is 5.91 Å². The lowest BCUT2D eigenvalue weighted by atomic mass is 10.1. The summed E-state index contributed by atoms with van der Waals surface area (Å²) >= 11 is 0. The second-order valence-electron chi connectivity index (χ2n) is 7.14. The lowest BCUT2D eigenvalue weighted by molar-refractivity contribution is 0.0684. The molecule has 2 aromatic heterocycles. The van der Waals surface area contributed by atoms with E-state index < -0.39 is 0 Å². The average molecular weight is 340 g/mol. The van der Waals surface area contributed by atoms with Crippen molar-refractivity contribution in [3.8, 4) is 0 Å². The van der Waals surface area contributed by atoms with E-state index in [0.29, 0.717) is 18.0 Å². The molecule has 6 heteroatoms. The molecule has 132 valence electrons. The molecular formula is C19H24N4O2. The summed E-state index contributed by atoms with van der Waals surface area (Å²) in [6.07, 6.45) is 4.89. The minimum Gasteiger partial charge on any atom is -0.380 e. The van der Waals surface area contributed by atoms with Crippen LogP contribution in [-0.2, 0) is 4.74 Å². The van der Waals surface area contributed by atoms with Crippen molar-refractivity contribution in [2.75, 3.05) is 13.7 Å². The number of likely N-dealkylation sites (tertiary alicyclic amines) is 1. The molecule has 1 saturated heterocycles. The zero-order chi connectivity index (χ0) is 17.6. The number of hydrogen-bond acceptors (Lipinski definition) is 4. The van der Waals surface area contributed by atoms with Gasteiger partial charge < -0.3 is 14.6 Å². The highest BCUT2D eigenvalue weighted by Crippen LogP contribution is 2.39. The van der Waals surface area contributed by atoms with Crippen LogP contribution in [0.1, 0.15) is 64.5 Å². The topological polar surface area (TPSA) is 71.1 Å². The summed E-state index contributed by atoms with van der Waals surface area (Å²) in [7, 11) is 1.70. The molecule has 2 atom stereocenters. The number of imidazole rings is 1. The Morgan fingerprint density at radius 1 is 1.36 bits per heavy atom. The smallest absolute Gasteiger partial charge is 0.254 e. The van der Waals surface area contributed by atoms with E-state index in [4.69, 9.17) is 4.74 Å². The van der Waals surface area contributed by atoms with E-state index in [0.717, 1.165) is 29.3 Å². The number of ether oxygens (including phenoxy) is 1. The number of nitrogens with zero attached hydrogens (tertiary/aromatic N) is 3. The van der Waals surface area contributed by atoms with Crippen molar-refractivity contribution in [3.63, 3.8) is 0 Å². The lowest BCUT2D eigenvalue weighted by Gasteiger charge is -2.23. The van der Waals surface area contributed by atoms with Crippen LogP contribution >= 0.6 is 0 Å². The molecule has 3 heterocycles. The predicted octanol–water partition coefficient (Wildman–Crippen LogP) is 2.90. The van der Waals surface area contributed by atoms with Gasteiger partial charge in [0.15, 0.2) is 0 Å². The molecule has 1 saturated carbocycles. The minimum atomic E-state index is -0.0811. The molecule has 0 aromatic carbocycles. The Kier molecular flexibility index (Phi) is 4.07. The first-order chi connectivity index (χ1) is 12.1. The first-order valence-electron chi connectivity index (χ1n) is 8.89. The van der Waals surface area contributed by atoms with Gasteiger partial charge in [0.1, 0.15) is 5.82 Å². The number of pyridine rings is 1. The highest BCUT2D eigenvalue weighted by atomic mass is 16.5. The number of amides is 1. The molecule has 2 fully saturated rings. The number of methoxy groups -OCH3 is 1. The summed E-state index contributed by atoms with van der Waals surface area (Å²) in [5.41, 5.74) is 3.76. The summed E-state index contributed by atoms with van der Waals surface area (Å²) in [5, 5.41) is 0. The van der Waals surface area contributed by atoms with E-state index in [1.165, 1.54) is 12.8 Å². The van der Waals surface area contributed by atoms with E-state index in [9.17, 15) is 4.79 Å². The molecular weight excluding hydrogens is 316 g/mol. The summed E-state index contributed by atoms with van der Waals surface area (Å²) in [6.45, 7) is 4.57. The first kappa shape index (κ1) is 16.3. The fourth-order valence-electron chi connectivity index (χ4n) is 3.53. The van der Waals surface area contributed by atoms with E-state index in [-0.39, 0.29) is 18.1 Å². The summed E-state index contributed by atoms with van der Waals surface area (Å²) in [5.74, 6) is 1.41. The maximum absolute atomic E-state index is 13.2. The van der Waals surface area contributed by atoms with Crippen molar-refractivity contribution in [3.05, 3.63) is 46.8 Å². The van der Waals surface area contributed by atoms with Crippen molar-refractivity contribution in [2.45, 2.75) is 51.2 Å². The number of aryl methyl sites for hydroxylation is 2. The van der Waals surface area contributed by atoms with Crippen LogP contribution in [0.5, 0.6) is 0 Å². The molecule has 2 aliphatic rings. The fraction of sp³-hybridized carbons (Fsp3) is 0.526. The van der Waals surface area contributed by atoms with Crippen molar-refractivity contribution < 1.29 is 9.53 Å². The van der Waals surface area contributed by atoms with Crippen LogP contribution in [0, 0.1) is 13.8 Å². The highest BCUT2D eigenvalue weighted by Gasteiger charge is 2.38. The largest absolute Gasteiger partial charge is 0.380 e. The molecule has 1 N–H and O–H groups in total.